The third kappa shape index (κ3) is 6.71. The van der Waals surface area contributed by atoms with E-state index in [-0.39, 0.29) is 0 Å². The largest absolute Gasteiger partial charge is 0.489 e. The highest BCUT2D eigenvalue weighted by molar-refractivity contribution is 9.10. The summed E-state index contributed by atoms with van der Waals surface area (Å²) in [5.41, 5.74) is 2.96. The Kier molecular flexibility index (Phi) is 8.63. The minimum absolute atomic E-state index is 0.406. The van der Waals surface area contributed by atoms with E-state index in [9.17, 15) is 0 Å². The minimum atomic E-state index is 0.406. The van der Waals surface area contributed by atoms with Crippen molar-refractivity contribution in [3.8, 4) is 11.4 Å². The Hall–Kier alpha value is -2.10. The van der Waals surface area contributed by atoms with Crippen molar-refractivity contribution in [1.29, 1.82) is 0 Å². The van der Waals surface area contributed by atoms with Crippen LogP contribution < -0.4 is 10.1 Å². The minimum Gasteiger partial charge on any atom is -0.489 e. The van der Waals surface area contributed by atoms with Gasteiger partial charge in [-0.2, -0.15) is 4.68 Å². The molecule has 0 bridgehead atoms. The van der Waals surface area contributed by atoms with Crippen molar-refractivity contribution in [2.24, 2.45) is 0 Å². The van der Waals surface area contributed by atoms with Gasteiger partial charge in [-0.15, -0.1) is 5.10 Å². The van der Waals surface area contributed by atoms with Crippen LogP contribution in [-0.2, 0) is 13.2 Å². The molecule has 0 radical (unpaired) electrons. The molecular weight excluding hydrogens is 545 g/mol. The van der Waals surface area contributed by atoms with Gasteiger partial charge in [-0.25, -0.2) is 0 Å². The van der Waals surface area contributed by atoms with Crippen molar-refractivity contribution in [2.45, 2.75) is 18.3 Å². The maximum Gasteiger partial charge on any atom is 0.214 e. The van der Waals surface area contributed by atoms with E-state index >= 15 is 0 Å². The number of thioether (sulfide) groups is 1. The van der Waals surface area contributed by atoms with Gasteiger partial charge in [-0.3, -0.25) is 0 Å². The van der Waals surface area contributed by atoms with Gasteiger partial charge in [0.1, 0.15) is 12.4 Å². The summed E-state index contributed by atoms with van der Waals surface area (Å²) in [6, 6.07) is 21.3. The Morgan fingerprint density at radius 3 is 2.67 bits per heavy atom. The van der Waals surface area contributed by atoms with Gasteiger partial charge in [-0.1, -0.05) is 75.2 Å². The Morgan fingerprint density at radius 2 is 1.85 bits per heavy atom. The molecule has 4 rings (SSSR count). The molecule has 3 aromatic carbocycles. The normalized spacial score (nSPS) is 11.0. The molecule has 1 N–H and O–H groups in total. The summed E-state index contributed by atoms with van der Waals surface area (Å²) in [4.78, 5) is 0. The molecule has 1 aromatic heterocycles. The lowest BCUT2D eigenvalue weighted by molar-refractivity contribution is 0.302. The number of tetrazole rings is 1. The first-order valence-corrected chi connectivity index (χ1v) is 12.7. The van der Waals surface area contributed by atoms with Crippen LogP contribution in [0.15, 0.2) is 76.4 Å². The van der Waals surface area contributed by atoms with E-state index in [1.807, 2.05) is 54.6 Å². The summed E-state index contributed by atoms with van der Waals surface area (Å²) in [6.45, 7) is 1.86. The van der Waals surface area contributed by atoms with Gasteiger partial charge in [0.2, 0.25) is 5.16 Å². The van der Waals surface area contributed by atoms with Crippen LogP contribution in [0.2, 0.25) is 10.0 Å². The van der Waals surface area contributed by atoms with Crippen molar-refractivity contribution >= 4 is 50.9 Å². The third-order valence-electron chi connectivity index (χ3n) is 4.67. The number of aromatic nitrogens is 4. The molecule has 4 aromatic rings. The van der Waals surface area contributed by atoms with Crippen LogP contribution in [0.3, 0.4) is 0 Å². The van der Waals surface area contributed by atoms with E-state index in [0.29, 0.717) is 23.2 Å². The van der Waals surface area contributed by atoms with Crippen LogP contribution in [0.4, 0.5) is 0 Å². The van der Waals surface area contributed by atoms with E-state index in [1.54, 1.807) is 22.5 Å². The molecule has 6 nitrogen and oxygen atoms in total. The van der Waals surface area contributed by atoms with Gasteiger partial charge in [0.15, 0.2) is 0 Å². The molecule has 0 aliphatic rings. The molecule has 0 unspecified atom stereocenters. The van der Waals surface area contributed by atoms with Gasteiger partial charge in [-0.05, 0) is 58.5 Å². The number of nitrogens with zero attached hydrogens (tertiary/aromatic N) is 4. The molecule has 0 aliphatic carbocycles. The van der Waals surface area contributed by atoms with Crippen LogP contribution in [-0.4, -0.2) is 32.5 Å². The SMILES string of the molecule is Clc1ccc(COc2ccc(Br)cc2CNCCSc2nnnn2-c2ccccc2)cc1Cl. The highest BCUT2D eigenvalue weighted by Gasteiger charge is 2.09. The summed E-state index contributed by atoms with van der Waals surface area (Å²) >= 11 is 17.2. The van der Waals surface area contributed by atoms with E-state index in [1.165, 1.54) is 0 Å². The van der Waals surface area contributed by atoms with Crippen LogP contribution in [0.25, 0.3) is 5.69 Å². The smallest absolute Gasteiger partial charge is 0.214 e. The fourth-order valence-corrected chi connectivity index (χ4v) is 4.57. The predicted molar refractivity (Wildman–Crippen MR) is 137 cm³/mol. The molecule has 170 valence electrons. The number of benzene rings is 3. The summed E-state index contributed by atoms with van der Waals surface area (Å²) in [7, 11) is 0. The van der Waals surface area contributed by atoms with Gasteiger partial charge < -0.3 is 10.1 Å². The second kappa shape index (κ2) is 11.9. The number of para-hydroxylation sites is 1. The first-order valence-electron chi connectivity index (χ1n) is 10.1. The Bertz CT molecular complexity index is 1210. The Balaban J connectivity index is 1.29. The second-order valence-corrected chi connectivity index (χ2v) is 9.82. The molecule has 0 fully saturated rings. The molecule has 10 heteroatoms. The summed E-state index contributed by atoms with van der Waals surface area (Å²) < 4.78 is 8.80. The fourth-order valence-electron chi connectivity index (χ4n) is 3.06. The van der Waals surface area contributed by atoms with Crippen molar-refractivity contribution in [3.63, 3.8) is 0 Å². The second-order valence-electron chi connectivity index (χ2n) is 7.02. The molecule has 0 atom stereocenters. The average molecular weight is 565 g/mol. The molecule has 0 saturated heterocycles. The highest BCUT2D eigenvalue weighted by atomic mass is 79.9. The van der Waals surface area contributed by atoms with Gasteiger partial charge in [0, 0.05) is 28.9 Å². The van der Waals surface area contributed by atoms with Crippen LogP contribution >= 0.6 is 50.9 Å². The highest BCUT2D eigenvalue weighted by Crippen LogP contribution is 2.26. The summed E-state index contributed by atoms with van der Waals surface area (Å²) in [6.07, 6.45) is 0. The van der Waals surface area contributed by atoms with Crippen molar-refractivity contribution in [2.75, 3.05) is 12.3 Å². The van der Waals surface area contributed by atoms with Gasteiger partial charge >= 0.3 is 0 Å². The quantitative estimate of drug-likeness (QED) is 0.183. The van der Waals surface area contributed by atoms with Crippen LogP contribution in [0.5, 0.6) is 5.75 Å². The molecule has 1 heterocycles. The molecule has 0 spiro atoms. The number of halogens is 3. The van der Waals surface area contributed by atoms with Gasteiger partial charge in [0.05, 0.1) is 15.7 Å². The Labute approximate surface area is 214 Å². The van der Waals surface area contributed by atoms with E-state index in [0.717, 1.165) is 44.5 Å². The van der Waals surface area contributed by atoms with Crippen molar-refractivity contribution in [1.82, 2.24) is 25.5 Å². The number of ether oxygens (including phenoxy) is 1. The lowest BCUT2D eigenvalue weighted by Gasteiger charge is -2.13. The van der Waals surface area contributed by atoms with E-state index in [4.69, 9.17) is 27.9 Å². The number of hydrogen-bond acceptors (Lipinski definition) is 6. The lowest BCUT2D eigenvalue weighted by Crippen LogP contribution is -2.17. The average Bonchev–Trinajstić information content (AvgIpc) is 3.29. The van der Waals surface area contributed by atoms with Crippen molar-refractivity contribution < 1.29 is 4.74 Å². The number of hydrogen-bond donors (Lipinski definition) is 1. The monoisotopic (exact) mass is 563 g/mol. The van der Waals surface area contributed by atoms with Crippen LogP contribution in [0.1, 0.15) is 11.1 Å². The van der Waals surface area contributed by atoms with E-state index < -0.39 is 0 Å². The van der Waals surface area contributed by atoms with Gasteiger partial charge in [0.25, 0.3) is 0 Å². The topological polar surface area (TPSA) is 64.9 Å². The third-order valence-corrected chi connectivity index (χ3v) is 6.82. The maximum absolute atomic E-state index is 6.11. The molecular formula is C23H20BrCl2N5OS. The lowest BCUT2D eigenvalue weighted by atomic mass is 10.2. The van der Waals surface area contributed by atoms with Crippen LogP contribution in [0, 0.1) is 0 Å². The maximum atomic E-state index is 6.11. The molecule has 33 heavy (non-hydrogen) atoms. The zero-order valence-corrected chi connectivity index (χ0v) is 21.3. The molecule has 0 saturated carbocycles. The summed E-state index contributed by atoms with van der Waals surface area (Å²) in [5, 5.41) is 17.3. The molecule has 0 aliphatic heterocycles. The first kappa shape index (κ1) is 24.0. The Morgan fingerprint density at radius 1 is 1.00 bits per heavy atom. The zero-order valence-electron chi connectivity index (χ0n) is 17.4. The van der Waals surface area contributed by atoms with E-state index in [2.05, 4.69) is 42.8 Å². The fraction of sp³-hybridized carbons (Fsp3) is 0.174. The summed E-state index contributed by atoms with van der Waals surface area (Å²) in [5.74, 6) is 1.64. The first-order chi connectivity index (χ1) is 16.1. The predicted octanol–water partition coefficient (Wildman–Crippen LogP) is 6.19. The standard InChI is InChI=1S/C23H20BrCl2N5OS/c24-18-7-9-22(32-15-16-6-8-20(25)21(26)12-16)17(13-18)14-27-10-11-33-23-28-29-30-31(23)19-4-2-1-3-5-19/h1-9,12-13,27H,10-11,14-15H2. The number of nitrogens with one attached hydrogen (secondary N) is 1. The number of rotatable bonds is 10. The molecule has 0 amide bonds. The zero-order chi connectivity index (χ0) is 23.0. The van der Waals surface area contributed by atoms with Crippen molar-refractivity contribution in [3.05, 3.63) is 92.4 Å².